The minimum absolute atomic E-state index is 0. The predicted octanol–water partition coefficient (Wildman–Crippen LogP) is 14.8. The molecule has 0 bridgehead atoms. The molecule has 8 nitrogen and oxygen atoms in total. The summed E-state index contributed by atoms with van der Waals surface area (Å²) in [6.07, 6.45) is 16.4. The average molecular weight is 1520 g/mol. The fraction of sp³-hybridized carbons (Fsp3) is 0.311. The van der Waals surface area contributed by atoms with Gasteiger partial charge in [0.1, 0.15) is 23.4 Å². The highest BCUT2D eigenvalue weighted by Crippen LogP contribution is 2.24. The molecule has 0 saturated heterocycles. The Kier molecular flexibility index (Phi) is 35.5. The second-order valence-corrected chi connectivity index (χ2v) is 22.6. The molecule has 0 unspecified atom stereocenters. The molecule has 20 heteroatoms. The van der Waals surface area contributed by atoms with Gasteiger partial charge in [-0.15, -0.1) is 0 Å². The molecule has 0 fully saturated rings. The fourth-order valence-electron chi connectivity index (χ4n) is 7.81. The van der Waals surface area contributed by atoms with E-state index in [0.717, 1.165) is 81.9 Å². The fourth-order valence-corrected chi connectivity index (χ4v) is 10.2. The number of halogens is 12. The van der Waals surface area contributed by atoms with E-state index in [1.807, 2.05) is 35.5 Å². The maximum atomic E-state index is 6.37. The molecule has 4 heterocycles. The molecule has 0 amide bonds. The largest absolute Gasteiger partial charge is 1.00 e. The molecule has 0 aliphatic carbocycles. The summed E-state index contributed by atoms with van der Waals surface area (Å²) in [6.45, 7) is 12.8. The maximum absolute atomic E-state index is 6.37. The second-order valence-electron chi connectivity index (χ2n) is 18.3. The first-order valence-corrected chi connectivity index (χ1v) is 31.6. The van der Waals surface area contributed by atoms with Crippen LogP contribution < -0.4 is 43.1 Å². The molecule has 0 aliphatic rings. The maximum Gasteiger partial charge on any atom is 0.255 e. The van der Waals surface area contributed by atoms with E-state index in [0.29, 0.717) is 41.2 Å². The van der Waals surface area contributed by atoms with Gasteiger partial charge in [0.05, 0.1) is 25.7 Å². The van der Waals surface area contributed by atoms with E-state index >= 15 is 0 Å². The standard InChI is InChI=1S/2C18H19Cl2N2.C11H9Br.C7H10Cl2N2.C4H9Br.C3H2Cl2N2.2BrH/c2*1-2-3-10-21-13-22(18(20)17(21)19)12-14-8-9-15-6-4-5-7-16(15)11-14;12-8-9-5-6-10-3-1-2-4-11(10)7-9;1-2-3-4-11-5-10-6(8)7(11)9;1-2-3-4-5;4-2-3(5)7-1-6-2;;/h2*4-9,11,13H,2-3,10,12H2,1H3;1-7H,8H2;5H,2-4H2,1H3;2-4H2,1H3;1H,(H,6,7);2*1H/q2*+1;;;;;;/p-2. The lowest BCUT2D eigenvalue weighted by Gasteiger charge is -2.02. The van der Waals surface area contributed by atoms with Gasteiger partial charge in [-0.05, 0) is 133 Å². The van der Waals surface area contributed by atoms with Gasteiger partial charge < -0.3 is 43.5 Å². The van der Waals surface area contributed by atoms with Gasteiger partial charge in [-0.3, -0.25) is 0 Å². The van der Waals surface area contributed by atoms with Crippen LogP contribution in [-0.2, 0) is 38.1 Å². The molecule has 81 heavy (non-hydrogen) atoms. The predicted molar refractivity (Wildman–Crippen MR) is 346 cm³/mol. The van der Waals surface area contributed by atoms with E-state index in [1.165, 1.54) is 68.2 Å². The van der Waals surface area contributed by atoms with Crippen molar-refractivity contribution in [3.63, 3.8) is 0 Å². The van der Waals surface area contributed by atoms with Crippen molar-refractivity contribution in [1.29, 1.82) is 0 Å². The van der Waals surface area contributed by atoms with E-state index < -0.39 is 0 Å². The van der Waals surface area contributed by atoms with Crippen LogP contribution in [0, 0.1) is 0 Å². The van der Waals surface area contributed by atoms with Crippen molar-refractivity contribution < 1.29 is 43.1 Å². The van der Waals surface area contributed by atoms with Gasteiger partial charge in [0.2, 0.25) is 12.7 Å². The van der Waals surface area contributed by atoms with E-state index in [9.17, 15) is 0 Å². The molecule has 436 valence electrons. The lowest BCUT2D eigenvalue weighted by Crippen LogP contribution is -3.00. The third kappa shape index (κ3) is 23.5. The van der Waals surface area contributed by atoms with Gasteiger partial charge in [-0.25, -0.2) is 28.2 Å². The van der Waals surface area contributed by atoms with Crippen LogP contribution in [0.1, 0.15) is 95.8 Å². The highest BCUT2D eigenvalue weighted by molar-refractivity contribution is 9.09. The number of fused-ring (bicyclic) bond motifs is 3. The van der Waals surface area contributed by atoms with Gasteiger partial charge in [0.15, 0.2) is 10.3 Å². The van der Waals surface area contributed by atoms with Gasteiger partial charge in [0, 0.05) is 17.2 Å². The van der Waals surface area contributed by atoms with E-state index in [1.54, 1.807) is 6.33 Å². The number of nitrogens with zero attached hydrogens (tertiary/aromatic N) is 7. The van der Waals surface area contributed by atoms with Crippen LogP contribution in [-0.4, -0.2) is 34.0 Å². The number of aryl methyl sites for hydroxylation is 3. The van der Waals surface area contributed by atoms with Crippen molar-refractivity contribution in [2.45, 2.75) is 117 Å². The van der Waals surface area contributed by atoms with Crippen molar-refractivity contribution >= 4 is 157 Å². The first kappa shape index (κ1) is 72.4. The van der Waals surface area contributed by atoms with Crippen LogP contribution in [0.4, 0.5) is 0 Å². The van der Waals surface area contributed by atoms with Crippen LogP contribution in [0.5, 0.6) is 0 Å². The number of hydrogen-bond donors (Lipinski definition) is 1. The molecule has 6 aromatic carbocycles. The Labute approximate surface area is 556 Å². The molecule has 1 N–H and O–H groups in total. The van der Waals surface area contributed by atoms with Crippen molar-refractivity contribution in [3.8, 4) is 0 Å². The second kappa shape index (κ2) is 39.7. The molecule has 0 radical (unpaired) electrons. The van der Waals surface area contributed by atoms with E-state index in [-0.39, 0.29) is 34.0 Å². The third-order valence-electron chi connectivity index (χ3n) is 12.2. The zero-order chi connectivity index (χ0) is 57.1. The summed E-state index contributed by atoms with van der Waals surface area (Å²) in [4.78, 5) is 10.1. The minimum Gasteiger partial charge on any atom is -1.00 e. The molecule has 0 saturated carbocycles. The van der Waals surface area contributed by atoms with Crippen LogP contribution in [0.2, 0.25) is 41.2 Å². The van der Waals surface area contributed by atoms with Crippen molar-refractivity contribution in [1.82, 2.24) is 28.7 Å². The van der Waals surface area contributed by atoms with Crippen molar-refractivity contribution in [2.24, 2.45) is 0 Å². The van der Waals surface area contributed by atoms with Gasteiger partial charge >= 0.3 is 0 Å². The Hall–Kier alpha value is -2.82. The molecule has 10 rings (SSSR count). The number of benzene rings is 6. The summed E-state index contributed by atoms with van der Waals surface area (Å²) in [7, 11) is 0. The number of rotatable bonds is 16. The molecule has 4 aromatic heterocycles. The average Bonchev–Trinajstić information content (AvgIpc) is 4.19. The number of aromatic nitrogens is 8. The smallest absolute Gasteiger partial charge is 0.255 e. The summed E-state index contributed by atoms with van der Waals surface area (Å²) in [6, 6.07) is 44.7. The van der Waals surface area contributed by atoms with Crippen molar-refractivity contribution in [2.75, 3.05) is 5.33 Å². The first-order valence-electron chi connectivity index (χ1n) is 26.4. The lowest BCUT2D eigenvalue weighted by atomic mass is 10.1. The minimum atomic E-state index is 0. The summed E-state index contributed by atoms with van der Waals surface area (Å²) >= 11 is 54.3. The number of H-pyrrole nitrogens is 1. The summed E-state index contributed by atoms with van der Waals surface area (Å²) in [5, 5.41) is 13.8. The first-order chi connectivity index (χ1) is 38.2. The molecular formula is C61H68Br4Cl8N8. The Bertz CT molecular complexity index is 3250. The Balaban J connectivity index is 0.000000271. The molecular weight excluding hydrogens is 1450 g/mol. The summed E-state index contributed by atoms with van der Waals surface area (Å²) in [5.41, 5.74) is 3.76. The zero-order valence-electron chi connectivity index (χ0n) is 45.7. The molecule has 0 spiro atoms. The number of unbranched alkanes of at least 4 members (excludes halogenated alkanes) is 4. The monoisotopic (exact) mass is 1510 g/mol. The van der Waals surface area contributed by atoms with Gasteiger partial charge in [0.25, 0.3) is 20.6 Å². The lowest BCUT2D eigenvalue weighted by molar-refractivity contribution is -0.685. The van der Waals surface area contributed by atoms with Gasteiger partial charge in [-0.2, -0.15) is 0 Å². The van der Waals surface area contributed by atoms with Crippen LogP contribution in [0.15, 0.2) is 153 Å². The Morgan fingerprint density at radius 2 is 0.827 bits per heavy atom. The summed E-state index contributed by atoms with van der Waals surface area (Å²) < 4.78 is 9.91. The highest BCUT2D eigenvalue weighted by atomic mass is 79.9. The third-order valence-corrected chi connectivity index (χ3v) is 16.7. The Morgan fingerprint density at radius 1 is 0.444 bits per heavy atom. The highest BCUT2D eigenvalue weighted by Gasteiger charge is 2.21. The van der Waals surface area contributed by atoms with E-state index in [2.05, 4.69) is 202 Å². The number of nitrogens with one attached hydrogen (secondary N) is 1. The van der Waals surface area contributed by atoms with Crippen LogP contribution >= 0.6 is 125 Å². The number of imidazole rings is 4. The Morgan fingerprint density at radius 3 is 1.14 bits per heavy atom. The zero-order valence-corrected chi connectivity index (χ0v) is 58.1. The number of alkyl halides is 2. The van der Waals surface area contributed by atoms with Crippen LogP contribution in [0.3, 0.4) is 0 Å². The molecule has 0 aliphatic heterocycles. The number of aromatic amines is 1. The summed E-state index contributed by atoms with van der Waals surface area (Å²) in [5.74, 6) is 0. The van der Waals surface area contributed by atoms with Gasteiger partial charge in [-0.1, -0.05) is 247 Å². The molecule has 10 aromatic rings. The molecule has 0 atom stereocenters. The quantitative estimate of drug-likeness (QED) is 0.0774. The number of hydrogen-bond acceptors (Lipinski definition) is 2. The normalized spacial score (nSPS) is 10.4. The van der Waals surface area contributed by atoms with Crippen LogP contribution in [0.25, 0.3) is 32.3 Å². The van der Waals surface area contributed by atoms with Crippen molar-refractivity contribution in [3.05, 3.63) is 211 Å². The van der Waals surface area contributed by atoms with E-state index in [4.69, 9.17) is 92.8 Å². The topological polar surface area (TPSA) is 64.1 Å². The SMILES string of the molecule is BrCc1ccc2ccccc2c1.CCCCBr.CCCCn1c[n+](Cc2ccc3ccccc3c2)c(Cl)c1Cl.CCCCn1c[n+](Cc2ccc3ccccc3c2)c(Cl)c1Cl.CCCCn1cnc(Cl)c1Cl.Clc1nc[nH]c1Cl.[Br-].[Br-].